The molecule has 4 rings (SSSR count). The fourth-order valence-electron chi connectivity index (χ4n) is 3.38. The number of anilines is 1. The SMILES string of the molecule is O=C1NC(=S)N(c2ccccc2F)C(=O)/C1=C/c1cc(I)c(OCc2ccc(C(=O)O)cc2)c(I)c1. The molecule has 0 radical (unpaired) electrons. The number of benzene rings is 3. The highest BCUT2D eigenvalue weighted by molar-refractivity contribution is 14.1. The molecule has 11 heteroatoms. The smallest absolute Gasteiger partial charge is 0.335 e. The number of halogens is 3. The van der Waals surface area contributed by atoms with Crippen molar-refractivity contribution < 1.29 is 28.6 Å². The highest BCUT2D eigenvalue weighted by Gasteiger charge is 2.35. The quantitative estimate of drug-likeness (QED) is 0.158. The maximum Gasteiger partial charge on any atom is 0.335 e. The fraction of sp³-hybridized carbons (Fsp3) is 0.0400. The van der Waals surface area contributed by atoms with Gasteiger partial charge < -0.3 is 9.84 Å². The maximum absolute atomic E-state index is 14.3. The van der Waals surface area contributed by atoms with Crippen LogP contribution in [0.25, 0.3) is 6.08 Å². The highest BCUT2D eigenvalue weighted by Crippen LogP contribution is 2.31. The Morgan fingerprint density at radius 1 is 1.08 bits per heavy atom. The van der Waals surface area contributed by atoms with Gasteiger partial charge in [0.25, 0.3) is 11.8 Å². The maximum atomic E-state index is 14.3. The summed E-state index contributed by atoms with van der Waals surface area (Å²) in [5, 5.41) is 11.3. The summed E-state index contributed by atoms with van der Waals surface area (Å²) in [7, 11) is 0. The van der Waals surface area contributed by atoms with Crippen LogP contribution in [0.15, 0.2) is 66.2 Å². The minimum atomic E-state index is -1.000. The first kappa shape index (κ1) is 26.2. The number of carbonyl (C=O) groups excluding carboxylic acids is 2. The Morgan fingerprint density at radius 2 is 1.72 bits per heavy atom. The van der Waals surface area contributed by atoms with Crippen molar-refractivity contribution in [3.8, 4) is 5.75 Å². The van der Waals surface area contributed by atoms with E-state index in [1.165, 1.54) is 36.4 Å². The Morgan fingerprint density at radius 3 is 2.33 bits per heavy atom. The lowest BCUT2D eigenvalue weighted by Gasteiger charge is -2.29. The van der Waals surface area contributed by atoms with E-state index in [9.17, 15) is 18.8 Å². The van der Waals surface area contributed by atoms with Crippen LogP contribution in [0.5, 0.6) is 5.75 Å². The number of thiocarbonyl (C=S) groups is 1. The minimum Gasteiger partial charge on any atom is -0.487 e. The molecule has 1 heterocycles. The Balaban J connectivity index is 1.58. The molecule has 0 spiro atoms. The molecular weight excluding hydrogens is 713 g/mol. The van der Waals surface area contributed by atoms with Gasteiger partial charge in [0, 0.05) is 0 Å². The second-order valence-corrected chi connectivity index (χ2v) is 10.2. The zero-order chi connectivity index (χ0) is 26.0. The summed E-state index contributed by atoms with van der Waals surface area (Å²) in [4.78, 5) is 37.7. The van der Waals surface area contributed by atoms with Crippen molar-refractivity contribution in [2.24, 2.45) is 0 Å². The normalized spacial score (nSPS) is 14.7. The van der Waals surface area contributed by atoms with Gasteiger partial charge >= 0.3 is 5.97 Å². The second kappa shape index (κ2) is 11.0. The van der Waals surface area contributed by atoms with Crippen molar-refractivity contribution >= 4 is 92.1 Å². The molecule has 0 unspecified atom stereocenters. The number of nitrogens with one attached hydrogen (secondary N) is 1. The molecule has 7 nitrogen and oxygen atoms in total. The fourth-order valence-corrected chi connectivity index (χ4v) is 5.78. The van der Waals surface area contributed by atoms with Gasteiger partial charge in [-0.2, -0.15) is 0 Å². The van der Waals surface area contributed by atoms with Crippen molar-refractivity contribution in [3.63, 3.8) is 0 Å². The lowest BCUT2D eigenvalue weighted by atomic mass is 10.1. The molecule has 2 amide bonds. The van der Waals surface area contributed by atoms with Gasteiger partial charge in [-0.25, -0.2) is 14.1 Å². The van der Waals surface area contributed by atoms with Gasteiger partial charge in [-0.15, -0.1) is 0 Å². The van der Waals surface area contributed by atoms with E-state index in [4.69, 9.17) is 22.1 Å². The first-order valence-electron chi connectivity index (χ1n) is 10.3. The van der Waals surface area contributed by atoms with Crippen LogP contribution in [0.2, 0.25) is 0 Å². The summed E-state index contributed by atoms with van der Waals surface area (Å²) < 4.78 is 21.8. The number of carbonyl (C=O) groups is 3. The van der Waals surface area contributed by atoms with Crippen molar-refractivity contribution in [3.05, 3.63) is 95.9 Å². The molecule has 0 atom stereocenters. The molecule has 3 aromatic carbocycles. The number of amides is 2. The highest BCUT2D eigenvalue weighted by atomic mass is 127. The van der Waals surface area contributed by atoms with Gasteiger partial charge in [-0.3, -0.25) is 14.9 Å². The number of carboxylic acid groups (broad SMARTS) is 1. The molecule has 0 saturated carbocycles. The Kier molecular flexibility index (Phi) is 8.00. The molecule has 2 N–H and O–H groups in total. The average molecular weight is 728 g/mol. The molecule has 1 saturated heterocycles. The summed E-state index contributed by atoms with van der Waals surface area (Å²) in [5.41, 5.74) is 1.32. The third kappa shape index (κ3) is 5.57. The zero-order valence-corrected chi connectivity index (χ0v) is 23.3. The van der Waals surface area contributed by atoms with Crippen molar-refractivity contribution in [2.75, 3.05) is 4.90 Å². The summed E-state index contributed by atoms with van der Waals surface area (Å²) in [6, 6.07) is 15.5. The van der Waals surface area contributed by atoms with Gasteiger partial charge in [-0.1, -0.05) is 24.3 Å². The summed E-state index contributed by atoms with van der Waals surface area (Å²) in [5.74, 6) is -2.45. The van der Waals surface area contributed by atoms with Crippen LogP contribution in [0.4, 0.5) is 10.1 Å². The van der Waals surface area contributed by atoms with Crippen molar-refractivity contribution in [1.82, 2.24) is 5.32 Å². The van der Waals surface area contributed by atoms with E-state index in [0.29, 0.717) is 11.3 Å². The number of rotatable bonds is 6. The first-order valence-corrected chi connectivity index (χ1v) is 12.8. The zero-order valence-electron chi connectivity index (χ0n) is 18.1. The summed E-state index contributed by atoms with van der Waals surface area (Å²) in [6.07, 6.45) is 1.42. The molecule has 182 valence electrons. The summed E-state index contributed by atoms with van der Waals surface area (Å²) >= 11 is 9.30. The summed E-state index contributed by atoms with van der Waals surface area (Å²) in [6.45, 7) is 0.224. The molecule has 0 bridgehead atoms. The van der Waals surface area contributed by atoms with E-state index in [1.54, 1.807) is 30.3 Å². The molecule has 1 fully saturated rings. The standard InChI is InChI=1S/C25H15FI2N2O5S/c26-17-3-1-2-4-20(17)30-23(32)16(22(31)29-25(30)36)9-14-10-18(27)21(19(28)11-14)35-12-13-5-7-15(8-6-13)24(33)34/h1-11H,12H2,(H,33,34)(H,29,31,36)/b16-9+. The van der Waals surface area contributed by atoms with Crippen LogP contribution in [-0.2, 0) is 16.2 Å². The molecule has 3 aromatic rings. The third-order valence-electron chi connectivity index (χ3n) is 5.11. The van der Waals surface area contributed by atoms with Gasteiger partial charge in [0.15, 0.2) is 5.11 Å². The molecular formula is C25H15FI2N2O5S. The van der Waals surface area contributed by atoms with Crippen LogP contribution >= 0.6 is 57.4 Å². The van der Waals surface area contributed by atoms with E-state index in [0.717, 1.165) is 17.6 Å². The van der Waals surface area contributed by atoms with Crippen LogP contribution in [0.3, 0.4) is 0 Å². The van der Waals surface area contributed by atoms with Crippen LogP contribution < -0.4 is 15.0 Å². The van der Waals surface area contributed by atoms with Crippen molar-refractivity contribution in [1.29, 1.82) is 0 Å². The molecule has 36 heavy (non-hydrogen) atoms. The molecule has 0 aromatic heterocycles. The van der Waals surface area contributed by atoms with Gasteiger partial charge in [0.05, 0.1) is 18.4 Å². The van der Waals surface area contributed by atoms with E-state index in [-0.39, 0.29) is 28.5 Å². The number of carboxylic acids is 1. The van der Waals surface area contributed by atoms with Crippen LogP contribution in [-0.4, -0.2) is 28.0 Å². The lowest BCUT2D eigenvalue weighted by Crippen LogP contribution is -2.54. The molecule has 1 aliphatic rings. The van der Waals surface area contributed by atoms with Gasteiger partial charge in [0.2, 0.25) is 0 Å². The van der Waals surface area contributed by atoms with E-state index < -0.39 is 23.6 Å². The van der Waals surface area contributed by atoms with Crippen LogP contribution in [0.1, 0.15) is 21.5 Å². The Hall–Kier alpha value is -2.91. The number of hydrogen-bond acceptors (Lipinski definition) is 5. The van der Waals surface area contributed by atoms with Gasteiger partial charge in [-0.05, 0) is 111 Å². The number of aromatic carboxylic acids is 1. The second-order valence-electron chi connectivity index (χ2n) is 7.51. The van der Waals surface area contributed by atoms with Crippen LogP contribution in [0, 0.1) is 13.0 Å². The van der Waals surface area contributed by atoms with E-state index in [2.05, 4.69) is 50.5 Å². The Bertz CT molecular complexity index is 1420. The lowest BCUT2D eigenvalue weighted by molar-refractivity contribution is -0.122. The third-order valence-corrected chi connectivity index (χ3v) is 7.00. The Labute approximate surface area is 237 Å². The number of ether oxygens (including phenoxy) is 1. The van der Waals surface area contributed by atoms with E-state index in [1.807, 2.05) is 0 Å². The topological polar surface area (TPSA) is 95.9 Å². The first-order chi connectivity index (χ1) is 17.2. The van der Waals surface area contributed by atoms with Gasteiger partial charge in [0.1, 0.15) is 23.7 Å². The predicted molar refractivity (Wildman–Crippen MR) is 152 cm³/mol. The average Bonchev–Trinajstić information content (AvgIpc) is 2.82. The largest absolute Gasteiger partial charge is 0.487 e. The monoisotopic (exact) mass is 728 g/mol. The number of para-hydroxylation sites is 1. The van der Waals surface area contributed by atoms with Crippen molar-refractivity contribution in [2.45, 2.75) is 6.61 Å². The van der Waals surface area contributed by atoms with E-state index >= 15 is 0 Å². The minimum absolute atomic E-state index is 0.0531. The molecule has 0 aliphatic carbocycles. The predicted octanol–water partition coefficient (Wildman–Crippen LogP) is 5.14. The number of hydrogen-bond donors (Lipinski definition) is 2. The number of nitrogens with zero attached hydrogens (tertiary/aromatic N) is 1. The molecule has 1 aliphatic heterocycles.